The molecule has 0 spiro atoms. The van der Waals surface area contributed by atoms with Crippen molar-refractivity contribution in [3.63, 3.8) is 0 Å². The first-order chi connectivity index (χ1) is 12.9. The fourth-order valence-corrected chi connectivity index (χ4v) is 3.73. The number of hydrogen-bond donors (Lipinski definition) is 0. The first-order valence-electron chi connectivity index (χ1n) is 9.04. The highest BCUT2D eigenvalue weighted by Gasteiger charge is 2.35. The molecule has 0 fully saturated rings. The third kappa shape index (κ3) is 2.65. The predicted molar refractivity (Wildman–Crippen MR) is 100 cm³/mol. The average Bonchev–Trinajstić information content (AvgIpc) is 3.24. The van der Waals surface area contributed by atoms with Crippen LogP contribution in [0.5, 0.6) is 0 Å². The summed E-state index contributed by atoms with van der Waals surface area (Å²) < 4.78 is 6.78. The van der Waals surface area contributed by atoms with Gasteiger partial charge < -0.3 is 9.64 Å². The Kier molecular flexibility index (Phi) is 4.09. The number of ether oxygens (including phenoxy) is 1. The molecule has 140 valence electrons. The van der Waals surface area contributed by atoms with Crippen LogP contribution >= 0.6 is 0 Å². The van der Waals surface area contributed by atoms with Crippen molar-refractivity contribution in [2.24, 2.45) is 10.9 Å². The maximum absolute atomic E-state index is 13.1. The van der Waals surface area contributed by atoms with E-state index in [-0.39, 0.29) is 17.5 Å². The predicted octanol–water partition coefficient (Wildman–Crippen LogP) is 3.13. The molecule has 1 aromatic carbocycles. The number of carbonyl (C=O) groups is 2. The second-order valence-corrected chi connectivity index (χ2v) is 7.17. The number of aromatic nitrogens is 2. The lowest BCUT2D eigenvalue weighted by molar-refractivity contribution is 0.0589. The Morgan fingerprint density at radius 2 is 1.85 bits per heavy atom. The summed E-state index contributed by atoms with van der Waals surface area (Å²) in [5, 5.41) is 4.72. The van der Waals surface area contributed by atoms with Crippen molar-refractivity contribution in [1.82, 2.24) is 14.7 Å². The summed E-state index contributed by atoms with van der Waals surface area (Å²) in [6.07, 6.45) is 0. The van der Waals surface area contributed by atoms with Crippen molar-refractivity contribution in [2.75, 3.05) is 7.11 Å². The number of rotatable bonds is 2. The molecule has 1 amide bonds. The van der Waals surface area contributed by atoms with Gasteiger partial charge in [-0.2, -0.15) is 5.10 Å². The molecule has 0 aliphatic carbocycles. The van der Waals surface area contributed by atoms with Crippen LogP contribution in [0.3, 0.4) is 0 Å². The van der Waals surface area contributed by atoms with E-state index in [2.05, 4.69) is 13.8 Å². The van der Waals surface area contributed by atoms with Crippen molar-refractivity contribution in [3.05, 3.63) is 46.6 Å². The van der Waals surface area contributed by atoms with Crippen LogP contribution in [0.1, 0.15) is 58.8 Å². The SMILES string of the molecule is COC(=O)c1ccccc1C(=O)N1Cc2nn3c(c2C1)N=C(C)C(C)C3C. The van der Waals surface area contributed by atoms with E-state index in [0.29, 0.717) is 24.6 Å². The highest BCUT2D eigenvalue weighted by Crippen LogP contribution is 2.39. The van der Waals surface area contributed by atoms with Gasteiger partial charge in [0, 0.05) is 17.2 Å². The molecule has 1 aromatic heterocycles. The summed E-state index contributed by atoms with van der Waals surface area (Å²) in [6.45, 7) is 7.19. The lowest BCUT2D eigenvalue weighted by atomic mass is 9.97. The van der Waals surface area contributed by atoms with Gasteiger partial charge in [-0.05, 0) is 26.0 Å². The first-order valence-corrected chi connectivity index (χ1v) is 9.04. The lowest BCUT2D eigenvalue weighted by Gasteiger charge is -2.27. The largest absolute Gasteiger partial charge is 0.465 e. The standard InChI is InChI=1S/C20H22N4O3/c1-11-12(2)21-18-16-9-23(10-17(16)22-24(18)13(11)3)19(25)14-7-5-6-8-15(14)20(26)27-4/h5-8,11,13H,9-10H2,1-4H3. The van der Waals surface area contributed by atoms with Gasteiger partial charge in [-0.25, -0.2) is 14.5 Å². The van der Waals surface area contributed by atoms with Crippen LogP contribution in [0.25, 0.3) is 0 Å². The third-order valence-corrected chi connectivity index (χ3v) is 5.65. The van der Waals surface area contributed by atoms with Gasteiger partial charge in [-0.1, -0.05) is 19.1 Å². The first kappa shape index (κ1) is 17.5. The molecule has 27 heavy (non-hydrogen) atoms. The summed E-state index contributed by atoms with van der Waals surface area (Å²) in [4.78, 5) is 31.5. The Balaban J connectivity index is 1.65. The average molecular weight is 366 g/mol. The lowest BCUT2D eigenvalue weighted by Crippen LogP contribution is -2.29. The molecule has 0 radical (unpaired) electrons. The minimum absolute atomic E-state index is 0.203. The van der Waals surface area contributed by atoms with Crippen LogP contribution in [0.4, 0.5) is 5.82 Å². The van der Waals surface area contributed by atoms with Crippen LogP contribution in [-0.2, 0) is 17.8 Å². The van der Waals surface area contributed by atoms with E-state index in [4.69, 9.17) is 14.8 Å². The molecule has 2 atom stereocenters. The molecule has 2 aliphatic rings. The summed E-state index contributed by atoms with van der Waals surface area (Å²) in [5.41, 5.74) is 3.58. The van der Waals surface area contributed by atoms with Crippen molar-refractivity contribution >= 4 is 23.4 Å². The van der Waals surface area contributed by atoms with Crippen LogP contribution in [0.2, 0.25) is 0 Å². The molecule has 7 heteroatoms. The van der Waals surface area contributed by atoms with Gasteiger partial charge in [0.15, 0.2) is 5.82 Å². The maximum atomic E-state index is 13.1. The van der Waals surface area contributed by atoms with Crippen molar-refractivity contribution in [1.29, 1.82) is 0 Å². The zero-order valence-electron chi connectivity index (χ0n) is 15.9. The molecule has 0 saturated heterocycles. The van der Waals surface area contributed by atoms with Gasteiger partial charge in [0.2, 0.25) is 0 Å². The second-order valence-electron chi connectivity index (χ2n) is 7.17. The Hall–Kier alpha value is -2.96. The molecular formula is C20H22N4O3. The molecule has 3 heterocycles. The summed E-state index contributed by atoms with van der Waals surface area (Å²) in [6, 6.07) is 6.97. The molecule has 7 nitrogen and oxygen atoms in total. The number of hydrogen-bond acceptors (Lipinski definition) is 5. The van der Waals surface area contributed by atoms with E-state index >= 15 is 0 Å². The van der Waals surface area contributed by atoms with Gasteiger partial charge in [-0.15, -0.1) is 0 Å². The van der Waals surface area contributed by atoms with Crippen LogP contribution in [-0.4, -0.2) is 39.4 Å². The molecule has 2 aromatic rings. The second kappa shape index (κ2) is 6.33. The van der Waals surface area contributed by atoms with Crippen LogP contribution < -0.4 is 0 Å². The number of nitrogens with zero attached hydrogens (tertiary/aromatic N) is 4. The van der Waals surface area contributed by atoms with E-state index in [1.165, 1.54) is 7.11 Å². The minimum Gasteiger partial charge on any atom is -0.465 e. The van der Waals surface area contributed by atoms with Crippen LogP contribution in [0, 0.1) is 5.92 Å². The normalized spacial score (nSPS) is 20.7. The minimum atomic E-state index is -0.515. The number of carbonyl (C=O) groups excluding carboxylic acids is 2. The van der Waals surface area contributed by atoms with Gasteiger partial charge in [0.1, 0.15) is 0 Å². The monoisotopic (exact) mass is 366 g/mol. The van der Waals surface area contributed by atoms with Crippen LogP contribution in [0.15, 0.2) is 29.3 Å². The van der Waals surface area contributed by atoms with E-state index in [1.54, 1.807) is 29.2 Å². The fourth-order valence-electron chi connectivity index (χ4n) is 3.73. The maximum Gasteiger partial charge on any atom is 0.338 e. The van der Waals surface area contributed by atoms with E-state index < -0.39 is 5.97 Å². The number of fused-ring (bicyclic) bond motifs is 3. The molecule has 0 saturated carbocycles. The quantitative estimate of drug-likeness (QED) is 0.765. The fraction of sp³-hybridized carbons (Fsp3) is 0.400. The van der Waals surface area contributed by atoms with E-state index in [1.807, 2.05) is 11.6 Å². The number of esters is 1. The highest BCUT2D eigenvalue weighted by molar-refractivity contribution is 6.05. The molecule has 4 rings (SSSR count). The number of methoxy groups -OCH3 is 1. The summed E-state index contributed by atoms with van der Waals surface area (Å²) >= 11 is 0. The highest BCUT2D eigenvalue weighted by atomic mass is 16.5. The number of amides is 1. The zero-order chi connectivity index (χ0) is 19.3. The Labute approximate surface area is 157 Å². The van der Waals surface area contributed by atoms with Gasteiger partial charge in [0.05, 0.1) is 43.1 Å². The summed E-state index contributed by atoms with van der Waals surface area (Å²) in [5.74, 6) is 0.469. The van der Waals surface area contributed by atoms with Gasteiger partial charge >= 0.3 is 5.97 Å². The molecule has 0 N–H and O–H groups in total. The van der Waals surface area contributed by atoms with Crippen molar-refractivity contribution in [3.8, 4) is 0 Å². The number of benzene rings is 1. The third-order valence-electron chi connectivity index (χ3n) is 5.65. The summed E-state index contributed by atoms with van der Waals surface area (Å²) in [7, 11) is 1.31. The molecule has 2 aliphatic heterocycles. The molecule has 2 unspecified atom stereocenters. The van der Waals surface area contributed by atoms with Crippen molar-refractivity contribution < 1.29 is 14.3 Å². The topological polar surface area (TPSA) is 76.8 Å². The molecule has 0 bridgehead atoms. The van der Waals surface area contributed by atoms with Gasteiger partial charge in [0.25, 0.3) is 5.91 Å². The van der Waals surface area contributed by atoms with Crippen molar-refractivity contribution in [2.45, 2.75) is 39.9 Å². The van der Waals surface area contributed by atoms with E-state index in [0.717, 1.165) is 22.8 Å². The molecular weight excluding hydrogens is 344 g/mol. The van der Waals surface area contributed by atoms with Gasteiger partial charge in [-0.3, -0.25) is 4.79 Å². The number of aliphatic imine (C=N–C) groups is 1. The zero-order valence-corrected chi connectivity index (χ0v) is 15.9. The van der Waals surface area contributed by atoms with E-state index in [9.17, 15) is 9.59 Å². The Bertz CT molecular complexity index is 976. The Morgan fingerprint density at radius 1 is 1.15 bits per heavy atom. The Morgan fingerprint density at radius 3 is 2.56 bits per heavy atom. The smallest absolute Gasteiger partial charge is 0.338 e.